The van der Waals surface area contributed by atoms with E-state index >= 15 is 0 Å². The highest BCUT2D eigenvalue weighted by molar-refractivity contribution is 6.09. The van der Waals surface area contributed by atoms with Crippen molar-refractivity contribution in [1.82, 2.24) is 15.3 Å². The zero-order chi connectivity index (χ0) is 28.3. The number of halogens is 1. The first kappa shape index (κ1) is 25.5. The normalized spacial score (nSPS) is 11.0. The Labute approximate surface area is 232 Å². The van der Waals surface area contributed by atoms with Gasteiger partial charge in [-0.1, -0.05) is 36.4 Å². The molecule has 6 rings (SSSR count). The summed E-state index contributed by atoms with van der Waals surface area (Å²) in [5.74, 6) is -0.802. The minimum Gasteiger partial charge on any atom is -0.465 e. The van der Waals surface area contributed by atoms with Gasteiger partial charge in [-0.25, -0.2) is 19.2 Å². The maximum absolute atomic E-state index is 14.5. The first-order valence-corrected chi connectivity index (χ1v) is 12.6. The molecule has 0 saturated carbocycles. The molecule has 0 aliphatic carbocycles. The van der Waals surface area contributed by atoms with E-state index in [9.17, 15) is 14.0 Å². The highest BCUT2D eigenvalue weighted by Crippen LogP contribution is 2.35. The van der Waals surface area contributed by atoms with E-state index < -0.39 is 17.8 Å². The zero-order valence-corrected chi connectivity index (χ0v) is 21.4. The van der Waals surface area contributed by atoms with Gasteiger partial charge in [0.05, 0.1) is 11.3 Å². The lowest BCUT2D eigenvalue weighted by Crippen LogP contribution is -2.20. The van der Waals surface area contributed by atoms with E-state index in [2.05, 4.69) is 25.9 Å². The largest absolute Gasteiger partial charge is 0.465 e. The number of hydrogen-bond acceptors (Lipinski definition) is 6. The molecule has 0 saturated heterocycles. The number of benzene rings is 4. The number of hydrogen-bond donors (Lipinski definition) is 4. The Balaban J connectivity index is 1.16. The fraction of sp³-hybridized carbons (Fsp3) is 0.0323. The van der Waals surface area contributed by atoms with Crippen LogP contribution in [0.15, 0.2) is 102 Å². The van der Waals surface area contributed by atoms with Gasteiger partial charge < -0.3 is 25.5 Å². The second-order valence-electron chi connectivity index (χ2n) is 9.20. The third-order valence-electron chi connectivity index (χ3n) is 6.48. The van der Waals surface area contributed by atoms with Gasteiger partial charge >= 0.3 is 6.09 Å². The van der Waals surface area contributed by atoms with E-state index in [4.69, 9.17) is 9.52 Å². The van der Waals surface area contributed by atoms with Crippen molar-refractivity contribution in [3.63, 3.8) is 0 Å². The Morgan fingerprint density at radius 3 is 2.44 bits per heavy atom. The molecule has 6 aromatic rings. The summed E-state index contributed by atoms with van der Waals surface area (Å²) < 4.78 is 20.6. The number of para-hydroxylation sites is 2. The standard InChI is InChI=1S/C31H22FN5O4/c32-25-14-18(16-33-31(39)40)8-13-23(25)30(38)37-20-11-9-19(10-12-20)36-28-15-26(34-17-35-28)24-6-3-5-22-21-4-1-2-7-27(21)41-29(22)24/h1-15,17,33H,16H2,(H,37,38)(H,39,40)(H,34,35,36). The summed E-state index contributed by atoms with van der Waals surface area (Å²) in [6.07, 6.45) is 0.260. The number of nitrogens with one attached hydrogen (secondary N) is 3. The Bertz CT molecular complexity index is 1920. The highest BCUT2D eigenvalue weighted by atomic mass is 19.1. The molecule has 0 aliphatic rings. The van der Waals surface area contributed by atoms with E-state index in [0.717, 1.165) is 39.3 Å². The van der Waals surface area contributed by atoms with Gasteiger partial charge in [0.25, 0.3) is 5.91 Å². The van der Waals surface area contributed by atoms with Gasteiger partial charge in [0, 0.05) is 40.3 Å². The Morgan fingerprint density at radius 1 is 0.854 bits per heavy atom. The lowest BCUT2D eigenvalue weighted by molar-refractivity contribution is 0.102. The molecule has 9 nitrogen and oxygen atoms in total. The number of carbonyl (C=O) groups is 2. The van der Waals surface area contributed by atoms with Crippen molar-refractivity contribution >= 4 is 51.1 Å². The van der Waals surface area contributed by atoms with Crippen molar-refractivity contribution in [1.29, 1.82) is 0 Å². The Hall–Kier alpha value is -5.77. The summed E-state index contributed by atoms with van der Waals surface area (Å²) in [7, 11) is 0. The lowest BCUT2D eigenvalue weighted by atomic mass is 10.1. The molecule has 10 heteroatoms. The van der Waals surface area contributed by atoms with Crippen LogP contribution in [0.5, 0.6) is 0 Å². The van der Waals surface area contributed by atoms with Crippen LogP contribution < -0.4 is 16.0 Å². The van der Waals surface area contributed by atoms with Crippen LogP contribution >= 0.6 is 0 Å². The summed E-state index contributed by atoms with van der Waals surface area (Å²) in [4.78, 5) is 32.0. The molecule has 2 amide bonds. The van der Waals surface area contributed by atoms with Crippen LogP contribution in [0.2, 0.25) is 0 Å². The molecule has 0 radical (unpaired) electrons. The molecule has 0 bridgehead atoms. The molecule has 2 aromatic heterocycles. The van der Waals surface area contributed by atoms with Gasteiger partial charge in [-0.15, -0.1) is 0 Å². The number of carbonyl (C=O) groups excluding carboxylic acids is 1. The number of amides is 2. The van der Waals surface area contributed by atoms with Crippen LogP contribution in [0.3, 0.4) is 0 Å². The molecule has 4 aromatic carbocycles. The van der Waals surface area contributed by atoms with Crippen molar-refractivity contribution in [2.75, 3.05) is 10.6 Å². The molecule has 41 heavy (non-hydrogen) atoms. The Kier molecular flexibility index (Phi) is 6.70. The van der Waals surface area contributed by atoms with Crippen LogP contribution in [0.25, 0.3) is 33.2 Å². The molecule has 0 spiro atoms. The van der Waals surface area contributed by atoms with E-state index in [1.54, 1.807) is 24.3 Å². The van der Waals surface area contributed by atoms with Crippen molar-refractivity contribution in [3.8, 4) is 11.3 Å². The average Bonchev–Trinajstić information content (AvgIpc) is 3.36. The third-order valence-corrected chi connectivity index (χ3v) is 6.48. The predicted octanol–water partition coefficient (Wildman–Crippen LogP) is 6.95. The van der Waals surface area contributed by atoms with Crippen molar-refractivity contribution in [2.45, 2.75) is 6.54 Å². The second-order valence-corrected chi connectivity index (χ2v) is 9.20. The molecule has 0 fully saturated rings. The topological polar surface area (TPSA) is 129 Å². The first-order valence-electron chi connectivity index (χ1n) is 12.6. The summed E-state index contributed by atoms with van der Waals surface area (Å²) in [6, 6.07) is 26.5. The minimum absolute atomic E-state index is 0.0635. The van der Waals surface area contributed by atoms with Gasteiger partial charge in [0.2, 0.25) is 0 Å². The van der Waals surface area contributed by atoms with Gasteiger partial charge in [-0.2, -0.15) is 0 Å². The maximum atomic E-state index is 14.5. The van der Waals surface area contributed by atoms with Gasteiger partial charge in [0.15, 0.2) is 0 Å². The molecular formula is C31H22FN5O4. The molecule has 0 atom stereocenters. The van der Waals surface area contributed by atoms with Crippen LogP contribution in [0.1, 0.15) is 15.9 Å². The van der Waals surface area contributed by atoms with E-state index in [1.165, 1.54) is 18.5 Å². The number of carboxylic acid groups (broad SMARTS) is 1. The summed E-state index contributed by atoms with van der Waals surface area (Å²) in [5.41, 5.74) is 4.54. The van der Waals surface area contributed by atoms with Crippen LogP contribution in [-0.4, -0.2) is 27.1 Å². The van der Waals surface area contributed by atoms with Gasteiger partial charge in [-0.3, -0.25) is 4.79 Å². The minimum atomic E-state index is -1.22. The number of anilines is 3. The molecular weight excluding hydrogens is 525 g/mol. The van der Waals surface area contributed by atoms with Crippen LogP contribution in [0.4, 0.5) is 26.4 Å². The summed E-state index contributed by atoms with van der Waals surface area (Å²) >= 11 is 0. The smallest absolute Gasteiger partial charge is 0.404 e. The van der Waals surface area contributed by atoms with Crippen LogP contribution in [0, 0.1) is 5.82 Å². The molecule has 0 unspecified atom stereocenters. The number of aromatic nitrogens is 2. The van der Waals surface area contributed by atoms with Crippen LogP contribution in [-0.2, 0) is 6.54 Å². The Morgan fingerprint density at radius 2 is 1.63 bits per heavy atom. The lowest BCUT2D eigenvalue weighted by Gasteiger charge is -2.10. The first-order chi connectivity index (χ1) is 19.9. The number of furan rings is 1. The van der Waals surface area contributed by atoms with E-state index in [0.29, 0.717) is 22.8 Å². The third kappa shape index (κ3) is 5.39. The molecule has 202 valence electrons. The van der Waals surface area contributed by atoms with E-state index in [-0.39, 0.29) is 12.1 Å². The summed E-state index contributed by atoms with van der Waals surface area (Å²) in [6.45, 7) is -0.0635. The molecule has 0 aliphatic heterocycles. The van der Waals surface area contributed by atoms with Crippen molar-refractivity contribution < 1.29 is 23.5 Å². The quantitative estimate of drug-likeness (QED) is 0.170. The fourth-order valence-corrected chi connectivity index (χ4v) is 4.54. The van der Waals surface area contributed by atoms with E-state index in [1.807, 2.05) is 48.5 Å². The second kappa shape index (κ2) is 10.8. The fourth-order valence-electron chi connectivity index (χ4n) is 4.54. The SMILES string of the molecule is O=C(O)NCc1ccc(C(=O)Nc2ccc(Nc3cc(-c4cccc5c4oc4ccccc45)ncn3)cc2)c(F)c1. The monoisotopic (exact) mass is 547 g/mol. The molecule has 4 N–H and O–H groups in total. The van der Waals surface area contributed by atoms with Gasteiger partial charge in [-0.05, 0) is 54.1 Å². The average molecular weight is 548 g/mol. The van der Waals surface area contributed by atoms with Crippen molar-refractivity contribution in [2.24, 2.45) is 0 Å². The highest BCUT2D eigenvalue weighted by Gasteiger charge is 2.15. The van der Waals surface area contributed by atoms with Crippen molar-refractivity contribution in [3.05, 3.63) is 114 Å². The number of rotatable bonds is 7. The maximum Gasteiger partial charge on any atom is 0.404 e. The summed E-state index contributed by atoms with van der Waals surface area (Å²) in [5, 5.41) is 18.8. The number of nitrogens with zero attached hydrogens (tertiary/aromatic N) is 2. The zero-order valence-electron chi connectivity index (χ0n) is 21.4. The number of fused-ring (bicyclic) bond motifs is 3. The van der Waals surface area contributed by atoms with Gasteiger partial charge in [0.1, 0.15) is 29.1 Å². The predicted molar refractivity (Wildman–Crippen MR) is 154 cm³/mol. The molecule has 2 heterocycles.